The highest BCUT2D eigenvalue weighted by atomic mass is 79.9. The van der Waals surface area contributed by atoms with Gasteiger partial charge in [-0.05, 0) is 61.5 Å². The van der Waals surface area contributed by atoms with Crippen molar-refractivity contribution in [3.05, 3.63) is 37.9 Å². The maximum atomic E-state index is 3.36. The maximum Gasteiger partial charge on any atom is 0.0618 e. The number of halogens is 2. The SMILES string of the molecule is BrC(Br)=Cc1ccc(-c2cccs2)s1. The van der Waals surface area contributed by atoms with E-state index in [-0.39, 0.29) is 0 Å². The van der Waals surface area contributed by atoms with Gasteiger partial charge in [-0.3, -0.25) is 0 Å². The highest BCUT2D eigenvalue weighted by Crippen LogP contribution is 2.33. The highest BCUT2D eigenvalue weighted by Gasteiger charge is 2.01. The van der Waals surface area contributed by atoms with Crippen molar-refractivity contribution >= 4 is 60.6 Å². The lowest BCUT2D eigenvalue weighted by atomic mass is 10.4. The first-order valence-corrected chi connectivity index (χ1v) is 7.20. The first kappa shape index (κ1) is 10.6. The van der Waals surface area contributed by atoms with E-state index in [1.54, 1.807) is 22.7 Å². The van der Waals surface area contributed by atoms with Gasteiger partial charge < -0.3 is 0 Å². The van der Waals surface area contributed by atoms with Crippen LogP contribution in [0, 0.1) is 0 Å². The van der Waals surface area contributed by atoms with Crippen LogP contribution in [-0.2, 0) is 0 Å². The lowest BCUT2D eigenvalue weighted by molar-refractivity contribution is 1.91. The Hall–Kier alpha value is 0.1000. The van der Waals surface area contributed by atoms with Crippen LogP contribution in [0.1, 0.15) is 4.88 Å². The maximum absolute atomic E-state index is 3.36. The zero-order chi connectivity index (χ0) is 9.97. The summed E-state index contributed by atoms with van der Waals surface area (Å²) in [5.74, 6) is 0. The second-order valence-electron chi connectivity index (χ2n) is 2.61. The van der Waals surface area contributed by atoms with Crippen molar-refractivity contribution in [2.24, 2.45) is 0 Å². The Kier molecular flexibility index (Phi) is 3.60. The van der Waals surface area contributed by atoms with E-state index in [1.165, 1.54) is 14.6 Å². The molecule has 0 aliphatic carbocycles. The van der Waals surface area contributed by atoms with E-state index in [9.17, 15) is 0 Å². The molecular weight excluding hydrogens is 344 g/mol. The third kappa shape index (κ3) is 2.57. The quantitative estimate of drug-likeness (QED) is 0.665. The predicted octanol–water partition coefficient (Wildman–Crippen LogP) is 5.56. The molecule has 0 radical (unpaired) electrons. The Bertz CT molecular complexity index is 436. The van der Waals surface area contributed by atoms with Gasteiger partial charge in [-0.25, -0.2) is 0 Å². The van der Waals surface area contributed by atoms with Crippen LogP contribution in [-0.4, -0.2) is 0 Å². The molecule has 0 aliphatic rings. The molecule has 0 saturated carbocycles. The summed E-state index contributed by atoms with van der Waals surface area (Å²) in [6, 6.07) is 8.51. The molecular formula is C10H6Br2S2. The van der Waals surface area contributed by atoms with Crippen LogP contribution >= 0.6 is 54.5 Å². The van der Waals surface area contributed by atoms with Crippen LogP contribution in [0.15, 0.2) is 33.0 Å². The number of thiophene rings is 2. The average Bonchev–Trinajstić information content (AvgIpc) is 2.69. The lowest BCUT2D eigenvalue weighted by Gasteiger charge is -1.87. The largest absolute Gasteiger partial charge is 0.143 e. The molecule has 0 bridgehead atoms. The van der Waals surface area contributed by atoms with Crippen LogP contribution in [0.2, 0.25) is 0 Å². The van der Waals surface area contributed by atoms with E-state index in [2.05, 4.69) is 67.6 Å². The predicted molar refractivity (Wildman–Crippen MR) is 73.5 cm³/mol. The van der Waals surface area contributed by atoms with E-state index >= 15 is 0 Å². The minimum atomic E-state index is 0.976. The molecule has 0 unspecified atom stereocenters. The smallest absolute Gasteiger partial charge is 0.0618 e. The molecule has 0 amide bonds. The molecule has 0 aromatic carbocycles. The van der Waals surface area contributed by atoms with Crippen molar-refractivity contribution in [1.82, 2.24) is 0 Å². The van der Waals surface area contributed by atoms with Crippen LogP contribution in [0.25, 0.3) is 15.8 Å². The minimum absolute atomic E-state index is 0.976. The molecule has 14 heavy (non-hydrogen) atoms. The molecule has 0 nitrogen and oxygen atoms in total. The Labute approximate surface area is 108 Å². The Morgan fingerprint density at radius 3 is 2.64 bits per heavy atom. The van der Waals surface area contributed by atoms with E-state index in [0.717, 1.165) is 3.39 Å². The molecule has 0 N–H and O–H groups in total. The zero-order valence-electron chi connectivity index (χ0n) is 7.04. The van der Waals surface area contributed by atoms with Gasteiger partial charge >= 0.3 is 0 Å². The van der Waals surface area contributed by atoms with E-state index in [4.69, 9.17) is 0 Å². The molecule has 2 aromatic rings. The lowest BCUT2D eigenvalue weighted by Crippen LogP contribution is -1.56. The zero-order valence-corrected chi connectivity index (χ0v) is 11.8. The fourth-order valence-corrected chi connectivity index (χ4v) is 3.67. The molecule has 72 valence electrons. The third-order valence-electron chi connectivity index (χ3n) is 1.64. The van der Waals surface area contributed by atoms with Crippen LogP contribution < -0.4 is 0 Å². The molecule has 0 atom stereocenters. The molecule has 0 aliphatic heterocycles. The van der Waals surface area contributed by atoms with Crippen molar-refractivity contribution in [2.75, 3.05) is 0 Å². The van der Waals surface area contributed by atoms with Gasteiger partial charge in [-0.2, -0.15) is 0 Å². The molecule has 0 saturated heterocycles. The second kappa shape index (κ2) is 4.75. The number of hydrogen-bond donors (Lipinski definition) is 0. The van der Waals surface area contributed by atoms with Crippen molar-refractivity contribution in [3.8, 4) is 9.75 Å². The Morgan fingerprint density at radius 2 is 2.00 bits per heavy atom. The third-order valence-corrected chi connectivity index (χ3v) is 4.20. The van der Waals surface area contributed by atoms with E-state index < -0.39 is 0 Å². The normalized spacial score (nSPS) is 10.1. The van der Waals surface area contributed by atoms with Gasteiger partial charge in [0.15, 0.2) is 0 Å². The van der Waals surface area contributed by atoms with Crippen molar-refractivity contribution < 1.29 is 0 Å². The van der Waals surface area contributed by atoms with Crippen molar-refractivity contribution in [2.45, 2.75) is 0 Å². The van der Waals surface area contributed by atoms with E-state index in [0.29, 0.717) is 0 Å². The summed E-state index contributed by atoms with van der Waals surface area (Å²) in [7, 11) is 0. The summed E-state index contributed by atoms with van der Waals surface area (Å²) in [5, 5.41) is 2.10. The van der Waals surface area contributed by atoms with Gasteiger partial charge in [0.1, 0.15) is 0 Å². The van der Waals surface area contributed by atoms with Gasteiger partial charge in [-0.15, -0.1) is 22.7 Å². The molecule has 0 spiro atoms. The van der Waals surface area contributed by atoms with Gasteiger partial charge in [-0.1, -0.05) is 6.07 Å². The Morgan fingerprint density at radius 1 is 1.14 bits per heavy atom. The molecule has 2 heterocycles. The average molecular weight is 350 g/mol. The van der Waals surface area contributed by atoms with Crippen LogP contribution in [0.5, 0.6) is 0 Å². The molecule has 2 rings (SSSR count). The van der Waals surface area contributed by atoms with Crippen LogP contribution in [0.3, 0.4) is 0 Å². The van der Waals surface area contributed by atoms with Gasteiger partial charge in [0.25, 0.3) is 0 Å². The van der Waals surface area contributed by atoms with Gasteiger partial charge in [0.05, 0.1) is 3.39 Å². The highest BCUT2D eigenvalue weighted by molar-refractivity contribution is 9.28. The topological polar surface area (TPSA) is 0 Å². The number of hydrogen-bond acceptors (Lipinski definition) is 2. The summed E-state index contributed by atoms with van der Waals surface area (Å²) < 4.78 is 0.976. The first-order chi connectivity index (χ1) is 6.75. The summed E-state index contributed by atoms with van der Waals surface area (Å²) in [5.41, 5.74) is 0. The molecule has 0 fully saturated rings. The summed E-state index contributed by atoms with van der Waals surface area (Å²) in [6.45, 7) is 0. The number of rotatable bonds is 2. The molecule has 4 heteroatoms. The minimum Gasteiger partial charge on any atom is -0.143 e. The molecule has 2 aromatic heterocycles. The Balaban J connectivity index is 2.31. The van der Waals surface area contributed by atoms with Crippen molar-refractivity contribution in [1.29, 1.82) is 0 Å². The monoisotopic (exact) mass is 348 g/mol. The standard InChI is InChI=1S/C10H6Br2S2/c11-10(12)6-7-3-4-9(14-7)8-2-1-5-13-8/h1-6H. The van der Waals surface area contributed by atoms with Crippen LogP contribution in [0.4, 0.5) is 0 Å². The van der Waals surface area contributed by atoms with Gasteiger partial charge in [0.2, 0.25) is 0 Å². The van der Waals surface area contributed by atoms with Gasteiger partial charge in [0, 0.05) is 14.6 Å². The fraction of sp³-hybridized carbons (Fsp3) is 0. The first-order valence-electron chi connectivity index (χ1n) is 3.92. The van der Waals surface area contributed by atoms with Crippen molar-refractivity contribution in [3.63, 3.8) is 0 Å². The van der Waals surface area contributed by atoms with E-state index in [1.807, 2.05) is 0 Å². The second-order valence-corrected chi connectivity index (χ2v) is 7.45. The fourth-order valence-electron chi connectivity index (χ4n) is 1.09. The summed E-state index contributed by atoms with van der Waals surface area (Å²) in [6.07, 6.45) is 2.06. The summed E-state index contributed by atoms with van der Waals surface area (Å²) in [4.78, 5) is 3.91. The summed E-state index contributed by atoms with van der Waals surface area (Å²) >= 11 is 10.3.